The van der Waals surface area contributed by atoms with E-state index in [9.17, 15) is 18.0 Å². The largest absolute Gasteiger partial charge is 0.573 e. The topological polar surface area (TPSA) is 64.8 Å². The van der Waals surface area contributed by atoms with E-state index in [1.165, 1.54) is 6.07 Å². The van der Waals surface area contributed by atoms with Gasteiger partial charge in [0.05, 0.1) is 18.8 Å². The van der Waals surface area contributed by atoms with Gasteiger partial charge < -0.3 is 20.1 Å². The minimum absolute atomic E-state index is 0.0169. The summed E-state index contributed by atoms with van der Waals surface area (Å²) >= 11 is 0. The van der Waals surface area contributed by atoms with E-state index in [2.05, 4.69) is 4.74 Å². The maximum Gasteiger partial charge on any atom is 0.573 e. The second-order valence-corrected chi connectivity index (χ2v) is 9.07. The van der Waals surface area contributed by atoms with E-state index in [1.807, 2.05) is 4.90 Å². The molecule has 1 saturated heterocycles. The highest BCUT2D eigenvalue weighted by atomic mass is 19.4. The van der Waals surface area contributed by atoms with Crippen molar-refractivity contribution in [3.05, 3.63) is 29.8 Å². The molecule has 5 nitrogen and oxygen atoms in total. The summed E-state index contributed by atoms with van der Waals surface area (Å²) in [7, 11) is 0. The summed E-state index contributed by atoms with van der Waals surface area (Å²) in [4.78, 5) is 14.6. The van der Waals surface area contributed by atoms with Crippen molar-refractivity contribution in [2.75, 3.05) is 13.2 Å². The van der Waals surface area contributed by atoms with Gasteiger partial charge in [0.25, 0.3) is 0 Å². The molecule has 2 saturated carbocycles. The molecule has 1 aliphatic heterocycles. The summed E-state index contributed by atoms with van der Waals surface area (Å²) < 4.78 is 48.6. The highest BCUT2D eigenvalue weighted by Gasteiger charge is 2.40. The molecule has 1 aromatic carbocycles. The van der Waals surface area contributed by atoms with Crippen LogP contribution in [-0.4, -0.2) is 48.5 Å². The molecule has 4 rings (SSSR count). The van der Waals surface area contributed by atoms with Crippen molar-refractivity contribution in [3.63, 3.8) is 0 Å². The van der Waals surface area contributed by atoms with Crippen molar-refractivity contribution >= 4 is 5.91 Å². The van der Waals surface area contributed by atoms with Gasteiger partial charge in [-0.2, -0.15) is 0 Å². The standard InChI is InChI=1S/C23H31F3N2O3/c24-23(25,26)31-21-6-2-1-4-18(21)15-9-11-17(12-10-15)30-14-20-19(27)5-3-13-28(20)22(29)16-7-8-16/h1-2,4,6,15-17,19-20H,3,5,7-14,27H2/t15-,17+,19-,20?/m0/s1. The molecule has 8 heteroatoms. The zero-order valence-electron chi connectivity index (χ0n) is 17.7. The zero-order valence-corrected chi connectivity index (χ0v) is 17.7. The van der Waals surface area contributed by atoms with Crippen LogP contribution in [0.5, 0.6) is 5.75 Å². The molecule has 1 aromatic rings. The molecular formula is C23H31F3N2O3. The Kier molecular flexibility index (Phi) is 6.77. The summed E-state index contributed by atoms with van der Waals surface area (Å²) in [5, 5.41) is 0. The van der Waals surface area contributed by atoms with Crippen LogP contribution in [0.2, 0.25) is 0 Å². The molecule has 0 spiro atoms. The van der Waals surface area contributed by atoms with E-state index in [0.717, 1.165) is 57.9 Å². The van der Waals surface area contributed by atoms with Gasteiger partial charge in [-0.25, -0.2) is 0 Å². The third kappa shape index (κ3) is 5.71. The Balaban J connectivity index is 1.31. The number of ether oxygens (including phenoxy) is 2. The maximum absolute atomic E-state index is 12.7. The van der Waals surface area contributed by atoms with E-state index in [0.29, 0.717) is 12.2 Å². The number of likely N-dealkylation sites (tertiary alicyclic amines) is 1. The third-order valence-corrected chi connectivity index (χ3v) is 6.80. The van der Waals surface area contributed by atoms with Crippen molar-refractivity contribution in [2.45, 2.75) is 81.8 Å². The fourth-order valence-electron chi connectivity index (χ4n) is 4.95. The highest BCUT2D eigenvalue weighted by Crippen LogP contribution is 2.40. The SMILES string of the molecule is N[C@H]1CCCN(C(=O)C2CC2)C1CO[C@H]1CC[C@@H](c2ccccc2OC(F)(F)F)CC1. The third-order valence-electron chi connectivity index (χ3n) is 6.80. The predicted octanol–water partition coefficient (Wildman–Crippen LogP) is 4.36. The molecule has 1 unspecified atom stereocenters. The number of amides is 1. The molecular weight excluding hydrogens is 409 g/mol. The van der Waals surface area contributed by atoms with Crippen LogP contribution in [0, 0.1) is 5.92 Å². The minimum Gasteiger partial charge on any atom is -0.405 e. The van der Waals surface area contributed by atoms with Gasteiger partial charge in [-0.15, -0.1) is 13.2 Å². The first-order valence-electron chi connectivity index (χ1n) is 11.3. The van der Waals surface area contributed by atoms with Crippen LogP contribution in [0.25, 0.3) is 0 Å². The lowest BCUT2D eigenvalue weighted by Crippen LogP contribution is -2.57. The molecule has 172 valence electrons. The first kappa shape index (κ1) is 22.4. The molecule has 0 bridgehead atoms. The van der Waals surface area contributed by atoms with E-state index in [1.54, 1.807) is 18.2 Å². The summed E-state index contributed by atoms with van der Waals surface area (Å²) in [6.07, 6.45) is 2.13. The molecule has 31 heavy (non-hydrogen) atoms. The summed E-state index contributed by atoms with van der Waals surface area (Å²) in [5.41, 5.74) is 6.93. The van der Waals surface area contributed by atoms with Gasteiger partial charge in [0.1, 0.15) is 5.75 Å². The second kappa shape index (κ2) is 9.36. The van der Waals surface area contributed by atoms with Crippen molar-refractivity contribution in [1.82, 2.24) is 4.90 Å². The van der Waals surface area contributed by atoms with Crippen LogP contribution in [-0.2, 0) is 9.53 Å². The van der Waals surface area contributed by atoms with Crippen LogP contribution in [0.15, 0.2) is 24.3 Å². The quantitative estimate of drug-likeness (QED) is 0.714. The van der Waals surface area contributed by atoms with Gasteiger partial charge >= 0.3 is 6.36 Å². The Morgan fingerprint density at radius 3 is 2.45 bits per heavy atom. The van der Waals surface area contributed by atoms with Crippen LogP contribution < -0.4 is 10.5 Å². The van der Waals surface area contributed by atoms with Crippen molar-refractivity contribution in [3.8, 4) is 5.75 Å². The zero-order chi connectivity index (χ0) is 22.0. The molecule has 0 aromatic heterocycles. The Labute approximate surface area is 181 Å². The van der Waals surface area contributed by atoms with Crippen LogP contribution in [0.1, 0.15) is 62.8 Å². The van der Waals surface area contributed by atoms with E-state index in [-0.39, 0.29) is 41.7 Å². The molecule has 3 fully saturated rings. The van der Waals surface area contributed by atoms with Gasteiger partial charge in [-0.1, -0.05) is 18.2 Å². The highest BCUT2D eigenvalue weighted by molar-refractivity contribution is 5.81. The van der Waals surface area contributed by atoms with E-state index >= 15 is 0 Å². The second-order valence-electron chi connectivity index (χ2n) is 9.07. The fourth-order valence-corrected chi connectivity index (χ4v) is 4.95. The van der Waals surface area contributed by atoms with Crippen molar-refractivity contribution in [1.29, 1.82) is 0 Å². The molecule has 1 amide bonds. The number of para-hydroxylation sites is 1. The molecule has 3 aliphatic rings. The van der Waals surface area contributed by atoms with Gasteiger partial charge in [0.15, 0.2) is 0 Å². The van der Waals surface area contributed by atoms with Gasteiger partial charge in [0, 0.05) is 18.5 Å². The fraction of sp³-hybridized carbons (Fsp3) is 0.696. The first-order valence-corrected chi connectivity index (χ1v) is 11.3. The van der Waals surface area contributed by atoms with Gasteiger partial charge in [-0.05, 0) is 68.9 Å². The number of carbonyl (C=O) groups excluding carboxylic acids is 1. The summed E-state index contributed by atoms with van der Waals surface area (Å²) in [5.74, 6) is 0.293. The number of piperidine rings is 1. The lowest BCUT2D eigenvalue weighted by Gasteiger charge is -2.41. The Hall–Kier alpha value is -1.80. The molecule has 2 aliphatic carbocycles. The number of hydrogen-bond donors (Lipinski definition) is 1. The van der Waals surface area contributed by atoms with Gasteiger partial charge in [0.2, 0.25) is 5.91 Å². The number of nitrogens with zero attached hydrogens (tertiary/aromatic N) is 1. The number of nitrogens with two attached hydrogens (primary N) is 1. The van der Waals surface area contributed by atoms with Crippen molar-refractivity contribution < 1.29 is 27.4 Å². The van der Waals surface area contributed by atoms with E-state index in [4.69, 9.17) is 10.5 Å². The van der Waals surface area contributed by atoms with Gasteiger partial charge in [-0.3, -0.25) is 4.79 Å². The van der Waals surface area contributed by atoms with Crippen LogP contribution in [0.4, 0.5) is 13.2 Å². The number of alkyl halides is 3. The van der Waals surface area contributed by atoms with Crippen molar-refractivity contribution in [2.24, 2.45) is 11.7 Å². The predicted molar refractivity (Wildman–Crippen MR) is 110 cm³/mol. The lowest BCUT2D eigenvalue weighted by molar-refractivity contribution is -0.275. The average molecular weight is 441 g/mol. The number of rotatable bonds is 6. The number of hydrogen-bond acceptors (Lipinski definition) is 4. The number of carbonyl (C=O) groups is 1. The average Bonchev–Trinajstić information content (AvgIpc) is 3.57. The molecule has 2 N–H and O–H groups in total. The Morgan fingerprint density at radius 2 is 1.77 bits per heavy atom. The molecule has 1 heterocycles. The number of benzene rings is 1. The lowest BCUT2D eigenvalue weighted by atomic mass is 9.82. The summed E-state index contributed by atoms with van der Waals surface area (Å²) in [6.45, 7) is 1.18. The minimum atomic E-state index is -4.70. The molecule has 0 radical (unpaired) electrons. The maximum atomic E-state index is 12.7. The van der Waals surface area contributed by atoms with Crippen LogP contribution >= 0.6 is 0 Å². The summed E-state index contributed by atoms with van der Waals surface area (Å²) in [6, 6.07) is 6.24. The van der Waals surface area contributed by atoms with Crippen LogP contribution in [0.3, 0.4) is 0 Å². The number of halogens is 3. The normalized spacial score (nSPS) is 29.6. The van der Waals surface area contributed by atoms with E-state index < -0.39 is 6.36 Å². The monoisotopic (exact) mass is 440 g/mol. The smallest absolute Gasteiger partial charge is 0.405 e. The Morgan fingerprint density at radius 1 is 1.06 bits per heavy atom. The first-order chi connectivity index (χ1) is 14.8. The Bertz CT molecular complexity index is 761. The molecule has 2 atom stereocenters.